The zero-order valence-corrected chi connectivity index (χ0v) is 12.6. The van der Waals surface area contributed by atoms with Crippen LogP contribution in [0, 0.1) is 0 Å². The smallest absolute Gasteiger partial charge is 0.230 e. The molecule has 5 N–H and O–H groups in total. The van der Waals surface area contributed by atoms with Crippen molar-refractivity contribution < 1.29 is 9.59 Å². The fourth-order valence-corrected chi connectivity index (χ4v) is 1.51. The van der Waals surface area contributed by atoms with Crippen molar-refractivity contribution in [3.8, 4) is 0 Å². The predicted octanol–water partition coefficient (Wildman–Crippen LogP) is 1.18. The molecule has 0 fully saturated rings. The number of amides is 2. The Morgan fingerprint density at radius 2 is 1.67 bits per heavy atom. The quantitative estimate of drug-likeness (QED) is 0.371. The van der Waals surface area contributed by atoms with Crippen LogP contribution in [-0.2, 0) is 9.59 Å². The van der Waals surface area contributed by atoms with E-state index < -0.39 is 0 Å². The average molecular weight is 307 g/mol. The summed E-state index contributed by atoms with van der Waals surface area (Å²) in [6.07, 6.45) is 0.114. The van der Waals surface area contributed by atoms with Gasteiger partial charge in [0.1, 0.15) is 0 Å². The van der Waals surface area contributed by atoms with Gasteiger partial charge in [-0.25, -0.2) is 0 Å². The van der Waals surface area contributed by atoms with Gasteiger partial charge in [-0.15, -0.1) is 0 Å². The number of thiocarbonyl (C=S) groups is 1. The van der Waals surface area contributed by atoms with E-state index in [0.717, 1.165) is 0 Å². The monoisotopic (exact) mass is 307 g/mol. The van der Waals surface area contributed by atoms with Crippen molar-refractivity contribution in [1.29, 1.82) is 0 Å². The number of carbonyl (C=O) groups is 2. The lowest BCUT2D eigenvalue weighted by Crippen LogP contribution is -2.26. The van der Waals surface area contributed by atoms with Gasteiger partial charge in [0.15, 0.2) is 5.11 Å². The van der Waals surface area contributed by atoms with Crippen molar-refractivity contribution in [3.05, 3.63) is 24.3 Å². The molecule has 0 aliphatic carbocycles. The molecule has 0 aromatic heterocycles. The molecule has 0 bridgehead atoms. The van der Waals surface area contributed by atoms with Gasteiger partial charge >= 0.3 is 0 Å². The lowest BCUT2D eigenvalue weighted by Gasteiger charge is -2.07. The first-order chi connectivity index (χ1) is 9.86. The van der Waals surface area contributed by atoms with Gasteiger partial charge in [0, 0.05) is 24.0 Å². The summed E-state index contributed by atoms with van der Waals surface area (Å²) in [5, 5.41) is 9.25. The van der Waals surface area contributed by atoms with E-state index in [4.69, 9.17) is 5.73 Å². The number of rotatable bonds is 5. The highest BCUT2D eigenvalue weighted by Crippen LogP contribution is 2.13. The maximum Gasteiger partial charge on any atom is 0.230 e. The van der Waals surface area contributed by atoms with E-state index in [1.807, 2.05) is 0 Å². The lowest BCUT2D eigenvalue weighted by molar-refractivity contribution is -0.115. The molecule has 112 valence electrons. The summed E-state index contributed by atoms with van der Waals surface area (Å²) in [5.74, 6) is -0.364. The van der Waals surface area contributed by atoms with Crippen LogP contribution in [0.25, 0.3) is 0 Å². The van der Waals surface area contributed by atoms with Crippen LogP contribution in [-0.4, -0.2) is 22.6 Å². The Hall–Kier alpha value is -2.48. The van der Waals surface area contributed by atoms with Crippen LogP contribution in [0.15, 0.2) is 29.4 Å². The fraction of sp³-hybridized carbons (Fsp3) is 0.231. The average Bonchev–Trinajstić information content (AvgIpc) is 2.38. The topological polar surface area (TPSA) is 109 Å². The summed E-state index contributed by atoms with van der Waals surface area (Å²) in [5.41, 5.74) is 9.49. The summed E-state index contributed by atoms with van der Waals surface area (Å²) in [6.45, 7) is 3.11. The molecule has 1 aromatic carbocycles. The molecule has 2 amide bonds. The molecule has 8 heteroatoms. The van der Waals surface area contributed by atoms with Crippen LogP contribution in [0.4, 0.5) is 11.4 Å². The van der Waals surface area contributed by atoms with Crippen molar-refractivity contribution >= 4 is 46.2 Å². The second-order valence-electron chi connectivity index (χ2n) is 4.31. The molecule has 1 rings (SSSR count). The van der Waals surface area contributed by atoms with Crippen LogP contribution >= 0.6 is 12.2 Å². The molecule has 0 aliphatic rings. The number of nitrogens with one attached hydrogen (secondary N) is 3. The van der Waals surface area contributed by atoms with Gasteiger partial charge in [0.05, 0.1) is 6.42 Å². The maximum absolute atomic E-state index is 11.8. The van der Waals surface area contributed by atoms with Gasteiger partial charge in [-0.2, -0.15) is 5.10 Å². The number of anilines is 2. The number of benzene rings is 1. The van der Waals surface area contributed by atoms with Gasteiger partial charge in [-0.05, 0) is 43.4 Å². The van der Waals surface area contributed by atoms with Crippen molar-refractivity contribution in [3.63, 3.8) is 0 Å². The normalized spacial score (nSPS) is 10.7. The van der Waals surface area contributed by atoms with Crippen molar-refractivity contribution in [2.24, 2.45) is 10.8 Å². The second-order valence-corrected chi connectivity index (χ2v) is 4.75. The summed E-state index contributed by atoms with van der Waals surface area (Å²) in [6, 6.07) is 6.80. The Kier molecular flexibility index (Phi) is 6.28. The molecule has 0 spiro atoms. The van der Waals surface area contributed by atoms with Gasteiger partial charge in [0.25, 0.3) is 0 Å². The van der Waals surface area contributed by atoms with Gasteiger partial charge < -0.3 is 16.4 Å². The van der Waals surface area contributed by atoms with Gasteiger partial charge in [0.2, 0.25) is 11.8 Å². The number of nitrogens with zero attached hydrogens (tertiary/aromatic N) is 1. The Morgan fingerprint density at radius 3 is 2.14 bits per heavy atom. The second kappa shape index (κ2) is 7.95. The highest BCUT2D eigenvalue weighted by molar-refractivity contribution is 7.80. The van der Waals surface area contributed by atoms with Crippen molar-refractivity contribution in [1.82, 2.24) is 5.43 Å². The number of hydrazone groups is 1. The molecule has 0 aliphatic heterocycles. The Labute approximate surface area is 128 Å². The SMILES string of the molecule is CC(=O)Nc1ccc(NC(=O)CC(C)=NNC(N)=S)cc1. The lowest BCUT2D eigenvalue weighted by atomic mass is 10.2. The van der Waals surface area contributed by atoms with Crippen LogP contribution in [0.2, 0.25) is 0 Å². The van der Waals surface area contributed by atoms with Crippen LogP contribution in [0.1, 0.15) is 20.3 Å². The summed E-state index contributed by atoms with van der Waals surface area (Å²) in [7, 11) is 0. The van der Waals surface area contributed by atoms with E-state index in [-0.39, 0.29) is 23.3 Å². The predicted molar refractivity (Wildman–Crippen MR) is 87.0 cm³/mol. The molecule has 0 saturated carbocycles. The Morgan fingerprint density at radius 1 is 1.14 bits per heavy atom. The Bertz CT molecular complexity index is 568. The van der Waals surface area contributed by atoms with E-state index in [1.165, 1.54) is 6.92 Å². The molecule has 0 atom stereocenters. The zero-order chi connectivity index (χ0) is 15.8. The molecule has 0 unspecified atom stereocenters. The first-order valence-corrected chi connectivity index (χ1v) is 6.53. The van der Waals surface area contributed by atoms with Crippen molar-refractivity contribution in [2.45, 2.75) is 20.3 Å². The number of hydrogen-bond donors (Lipinski definition) is 4. The first kappa shape index (κ1) is 16.6. The van der Waals surface area contributed by atoms with Crippen LogP contribution in [0.5, 0.6) is 0 Å². The standard InChI is InChI=1S/C13H17N5O2S/c1-8(17-18-13(14)21)7-12(20)16-11-5-3-10(4-6-11)15-9(2)19/h3-6H,7H2,1-2H3,(H,15,19)(H,16,20)(H3,14,18,21). The minimum atomic E-state index is -0.215. The summed E-state index contributed by atoms with van der Waals surface area (Å²) < 4.78 is 0. The van der Waals surface area contributed by atoms with E-state index in [0.29, 0.717) is 17.1 Å². The minimum Gasteiger partial charge on any atom is -0.375 e. The maximum atomic E-state index is 11.8. The molecule has 21 heavy (non-hydrogen) atoms. The Balaban J connectivity index is 2.53. The molecular weight excluding hydrogens is 290 g/mol. The molecule has 0 radical (unpaired) electrons. The molecule has 0 heterocycles. The third kappa shape index (κ3) is 7.02. The van der Waals surface area contributed by atoms with Gasteiger partial charge in [-0.1, -0.05) is 0 Å². The van der Waals surface area contributed by atoms with E-state index in [1.54, 1.807) is 31.2 Å². The van der Waals surface area contributed by atoms with Gasteiger partial charge in [-0.3, -0.25) is 15.0 Å². The molecule has 7 nitrogen and oxygen atoms in total. The van der Waals surface area contributed by atoms with Crippen LogP contribution < -0.4 is 21.8 Å². The largest absolute Gasteiger partial charge is 0.375 e. The number of carbonyl (C=O) groups excluding carboxylic acids is 2. The summed E-state index contributed by atoms with van der Waals surface area (Å²) in [4.78, 5) is 22.7. The third-order valence-corrected chi connectivity index (χ3v) is 2.35. The number of nitrogens with two attached hydrogens (primary N) is 1. The molecular formula is C13H17N5O2S. The zero-order valence-electron chi connectivity index (χ0n) is 11.8. The first-order valence-electron chi connectivity index (χ1n) is 6.13. The number of hydrogen-bond acceptors (Lipinski definition) is 4. The molecule has 0 saturated heterocycles. The highest BCUT2D eigenvalue weighted by Gasteiger charge is 2.05. The third-order valence-electron chi connectivity index (χ3n) is 2.26. The van der Waals surface area contributed by atoms with Crippen LogP contribution in [0.3, 0.4) is 0 Å². The highest BCUT2D eigenvalue weighted by atomic mass is 32.1. The fourth-order valence-electron chi connectivity index (χ4n) is 1.47. The van der Waals surface area contributed by atoms with E-state index in [2.05, 4.69) is 33.4 Å². The molecule has 1 aromatic rings. The van der Waals surface area contributed by atoms with E-state index in [9.17, 15) is 9.59 Å². The van der Waals surface area contributed by atoms with E-state index >= 15 is 0 Å². The minimum absolute atomic E-state index is 0.0447. The summed E-state index contributed by atoms with van der Waals surface area (Å²) >= 11 is 4.60. The van der Waals surface area contributed by atoms with Crippen molar-refractivity contribution in [2.75, 3.05) is 10.6 Å².